The van der Waals surface area contributed by atoms with Crippen molar-refractivity contribution >= 4 is 5.69 Å². The van der Waals surface area contributed by atoms with Gasteiger partial charge in [-0.2, -0.15) is 0 Å². The third-order valence-electron chi connectivity index (χ3n) is 2.26. The predicted molar refractivity (Wildman–Crippen MR) is 59.7 cm³/mol. The Hall–Kier alpha value is -1.13. The van der Waals surface area contributed by atoms with E-state index in [0.29, 0.717) is 18.3 Å². The number of anilines is 1. The summed E-state index contributed by atoms with van der Waals surface area (Å²) in [7, 11) is 0. The number of aliphatic hydroxyl groups excluding tert-OH is 2. The van der Waals surface area contributed by atoms with Crippen LogP contribution in [0.3, 0.4) is 0 Å². The van der Waals surface area contributed by atoms with Crippen molar-refractivity contribution in [3.05, 3.63) is 24.0 Å². The molecule has 0 aromatic carbocycles. The Balaban J connectivity index is 2.89. The van der Waals surface area contributed by atoms with Crippen molar-refractivity contribution in [2.75, 3.05) is 18.1 Å². The number of pyridine rings is 1. The summed E-state index contributed by atoms with van der Waals surface area (Å²) in [5.74, 6) is 0. The van der Waals surface area contributed by atoms with Gasteiger partial charge in [-0.15, -0.1) is 0 Å². The number of rotatable bonds is 5. The maximum absolute atomic E-state index is 8.98. The first-order valence-corrected chi connectivity index (χ1v) is 5.12. The van der Waals surface area contributed by atoms with Crippen molar-refractivity contribution in [1.29, 1.82) is 0 Å². The van der Waals surface area contributed by atoms with E-state index < -0.39 is 0 Å². The summed E-state index contributed by atoms with van der Waals surface area (Å²) in [6.07, 6.45) is 1.67. The van der Waals surface area contributed by atoms with Crippen molar-refractivity contribution in [2.45, 2.75) is 26.5 Å². The lowest BCUT2D eigenvalue weighted by Gasteiger charge is -2.28. The van der Waals surface area contributed by atoms with Crippen LogP contribution < -0.4 is 4.90 Å². The lowest BCUT2D eigenvalue weighted by molar-refractivity contribution is 0.276. The number of aromatic nitrogens is 1. The summed E-state index contributed by atoms with van der Waals surface area (Å²) < 4.78 is 0. The lowest BCUT2D eigenvalue weighted by atomic mass is 10.2. The summed E-state index contributed by atoms with van der Waals surface area (Å²) >= 11 is 0. The minimum absolute atomic E-state index is 0.0566. The summed E-state index contributed by atoms with van der Waals surface area (Å²) in [6, 6.07) is 4.04. The van der Waals surface area contributed by atoms with Crippen molar-refractivity contribution in [3.8, 4) is 0 Å². The SMILES string of the molecule is CC(C)N(CCO)c1ccnc(CO)c1. The Morgan fingerprint density at radius 1 is 1.40 bits per heavy atom. The molecule has 4 nitrogen and oxygen atoms in total. The van der Waals surface area contributed by atoms with Crippen molar-refractivity contribution in [2.24, 2.45) is 0 Å². The molecule has 0 bridgehead atoms. The molecule has 0 amide bonds. The first kappa shape index (κ1) is 11.9. The molecule has 1 rings (SSSR count). The molecule has 84 valence electrons. The first-order valence-electron chi connectivity index (χ1n) is 5.12. The van der Waals surface area contributed by atoms with Gasteiger partial charge in [0.15, 0.2) is 0 Å². The van der Waals surface area contributed by atoms with Gasteiger partial charge in [0.05, 0.1) is 18.9 Å². The highest BCUT2D eigenvalue weighted by Gasteiger charge is 2.10. The van der Waals surface area contributed by atoms with E-state index in [9.17, 15) is 0 Å². The second kappa shape index (κ2) is 5.68. The largest absolute Gasteiger partial charge is 0.395 e. The van der Waals surface area contributed by atoms with E-state index in [2.05, 4.69) is 23.7 Å². The molecule has 0 spiro atoms. The highest BCUT2D eigenvalue weighted by Crippen LogP contribution is 2.16. The van der Waals surface area contributed by atoms with Crippen LogP contribution in [0.4, 0.5) is 5.69 Å². The molecule has 0 aliphatic carbocycles. The number of nitrogens with zero attached hydrogens (tertiary/aromatic N) is 2. The first-order chi connectivity index (χ1) is 7.19. The van der Waals surface area contributed by atoms with Gasteiger partial charge in [-0.25, -0.2) is 0 Å². The predicted octanol–water partition coefficient (Wildman–Crippen LogP) is 0.781. The summed E-state index contributed by atoms with van der Waals surface area (Å²) in [6.45, 7) is 4.78. The van der Waals surface area contributed by atoms with E-state index in [0.717, 1.165) is 5.69 Å². The number of aliphatic hydroxyl groups is 2. The highest BCUT2D eigenvalue weighted by molar-refractivity contribution is 5.47. The molecule has 0 saturated heterocycles. The van der Waals surface area contributed by atoms with Gasteiger partial charge >= 0.3 is 0 Å². The minimum Gasteiger partial charge on any atom is -0.395 e. The molecular formula is C11H18N2O2. The molecule has 2 N–H and O–H groups in total. The van der Waals surface area contributed by atoms with Gasteiger partial charge in [0.1, 0.15) is 0 Å². The van der Waals surface area contributed by atoms with Crippen LogP contribution in [-0.2, 0) is 6.61 Å². The van der Waals surface area contributed by atoms with Crippen LogP contribution in [0.5, 0.6) is 0 Å². The Morgan fingerprint density at radius 2 is 2.13 bits per heavy atom. The molecule has 0 unspecified atom stereocenters. The molecule has 4 heteroatoms. The zero-order valence-electron chi connectivity index (χ0n) is 9.22. The van der Waals surface area contributed by atoms with E-state index in [-0.39, 0.29) is 13.2 Å². The molecule has 1 aromatic heterocycles. The molecular weight excluding hydrogens is 192 g/mol. The topological polar surface area (TPSA) is 56.6 Å². The molecule has 0 aliphatic rings. The smallest absolute Gasteiger partial charge is 0.0853 e. The van der Waals surface area contributed by atoms with Crippen LogP contribution in [0.1, 0.15) is 19.5 Å². The summed E-state index contributed by atoms with van der Waals surface area (Å²) in [5.41, 5.74) is 1.63. The second-order valence-corrected chi connectivity index (χ2v) is 3.67. The van der Waals surface area contributed by atoms with Gasteiger partial charge in [0, 0.05) is 24.5 Å². The fourth-order valence-electron chi connectivity index (χ4n) is 1.52. The maximum atomic E-state index is 8.98. The van der Waals surface area contributed by atoms with E-state index in [4.69, 9.17) is 10.2 Å². The summed E-state index contributed by atoms with van der Waals surface area (Å²) in [5, 5.41) is 17.9. The molecule has 1 aromatic rings. The van der Waals surface area contributed by atoms with E-state index in [1.165, 1.54) is 0 Å². The standard InChI is InChI=1S/C11H18N2O2/c1-9(2)13(5-6-14)11-3-4-12-10(7-11)8-15/h3-4,7,9,14-15H,5-6,8H2,1-2H3. The van der Waals surface area contributed by atoms with Crippen LogP contribution in [0.2, 0.25) is 0 Å². The molecule has 0 aliphatic heterocycles. The Bertz CT molecular complexity index is 302. The molecule has 0 fully saturated rings. The highest BCUT2D eigenvalue weighted by atomic mass is 16.3. The van der Waals surface area contributed by atoms with Crippen LogP contribution in [0, 0.1) is 0 Å². The van der Waals surface area contributed by atoms with Crippen LogP contribution in [0.25, 0.3) is 0 Å². The van der Waals surface area contributed by atoms with Gasteiger partial charge in [0.25, 0.3) is 0 Å². The fourth-order valence-corrected chi connectivity index (χ4v) is 1.52. The van der Waals surface area contributed by atoms with Crippen LogP contribution in [-0.4, -0.2) is 34.4 Å². The zero-order chi connectivity index (χ0) is 11.3. The van der Waals surface area contributed by atoms with E-state index in [1.54, 1.807) is 6.20 Å². The van der Waals surface area contributed by atoms with E-state index >= 15 is 0 Å². The zero-order valence-corrected chi connectivity index (χ0v) is 9.22. The van der Waals surface area contributed by atoms with Crippen LogP contribution >= 0.6 is 0 Å². The lowest BCUT2D eigenvalue weighted by Crippen LogP contribution is -2.33. The third kappa shape index (κ3) is 3.18. The van der Waals surface area contributed by atoms with Gasteiger partial charge in [0.2, 0.25) is 0 Å². The summed E-state index contributed by atoms with van der Waals surface area (Å²) in [4.78, 5) is 6.09. The molecule has 0 radical (unpaired) electrons. The van der Waals surface area contributed by atoms with Gasteiger partial charge in [-0.1, -0.05) is 0 Å². The van der Waals surface area contributed by atoms with Gasteiger partial charge in [-0.05, 0) is 26.0 Å². The molecule has 0 atom stereocenters. The quantitative estimate of drug-likeness (QED) is 0.754. The molecule has 15 heavy (non-hydrogen) atoms. The normalized spacial score (nSPS) is 10.7. The Labute approximate surface area is 90.2 Å². The van der Waals surface area contributed by atoms with Crippen molar-refractivity contribution in [3.63, 3.8) is 0 Å². The fraction of sp³-hybridized carbons (Fsp3) is 0.545. The number of hydrogen-bond acceptors (Lipinski definition) is 4. The van der Waals surface area contributed by atoms with Crippen molar-refractivity contribution < 1.29 is 10.2 Å². The minimum atomic E-state index is -0.0566. The Morgan fingerprint density at radius 3 is 2.67 bits per heavy atom. The molecule has 1 heterocycles. The Kier molecular flexibility index (Phi) is 4.52. The van der Waals surface area contributed by atoms with Crippen molar-refractivity contribution in [1.82, 2.24) is 4.98 Å². The monoisotopic (exact) mass is 210 g/mol. The van der Waals surface area contributed by atoms with Gasteiger partial charge < -0.3 is 15.1 Å². The van der Waals surface area contributed by atoms with Crippen LogP contribution in [0.15, 0.2) is 18.3 Å². The average Bonchev–Trinajstić information content (AvgIpc) is 2.25. The third-order valence-corrected chi connectivity index (χ3v) is 2.26. The van der Waals surface area contributed by atoms with E-state index in [1.807, 2.05) is 12.1 Å². The average molecular weight is 210 g/mol. The van der Waals surface area contributed by atoms with Gasteiger partial charge in [-0.3, -0.25) is 4.98 Å². The second-order valence-electron chi connectivity index (χ2n) is 3.67. The maximum Gasteiger partial charge on any atom is 0.0853 e. The number of hydrogen-bond donors (Lipinski definition) is 2. The molecule has 0 saturated carbocycles.